The molecule has 0 saturated heterocycles. The maximum Gasteiger partial charge on any atom is 0.246 e. The first-order chi connectivity index (χ1) is 8.89. The summed E-state index contributed by atoms with van der Waals surface area (Å²) >= 11 is 0. The van der Waals surface area contributed by atoms with Crippen LogP contribution in [0.5, 0.6) is 0 Å². The van der Waals surface area contributed by atoms with Crippen molar-refractivity contribution in [1.29, 1.82) is 0 Å². The molecule has 0 atom stereocenters. The molecule has 0 aromatic rings. The summed E-state index contributed by atoms with van der Waals surface area (Å²) < 4.78 is 32.9. The smallest absolute Gasteiger partial charge is 0.246 e. The molecule has 0 rings (SSSR count). The standard InChI is InChI=1S/C10H20N2O.C2H6O4S/c1-9(2)10(13)11-7-6-8-12(3,4)5;1-2-6-7(3,4)5/h1,6-8H2,2-5H3;2H2,1H3,(H,3,4,5). The van der Waals surface area contributed by atoms with Crippen molar-refractivity contribution in [2.75, 3.05) is 40.8 Å². The van der Waals surface area contributed by atoms with Gasteiger partial charge in [-0.05, 0) is 13.8 Å². The van der Waals surface area contributed by atoms with Gasteiger partial charge < -0.3 is 14.4 Å². The van der Waals surface area contributed by atoms with Gasteiger partial charge in [0.2, 0.25) is 16.3 Å². The maximum absolute atomic E-state index is 11.1. The molecule has 7 nitrogen and oxygen atoms in total. The van der Waals surface area contributed by atoms with Crippen molar-refractivity contribution < 1.29 is 26.4 Å². The van der Waals surface area contributed by atoms with Gasteiger partial charge in [-0.1, -0.05) is 6.58 Å². The molecule has 0 heterocycles. The molecule has 1 amide bonds. The minimum absolute atomic E-state index is 0.0404. The average molecular weight is 310 g/mol. The van der Waals surface area contributed by atoms with Gasteiger partial charge in [0, 0.05) is 18.5 Å². The first kappa shape index (κ1) is 21.3. The van der Waals surface area contributed by atoms with Gasteiger partial charge in [0.25, 0.3) is 0 Å². The van der Waals surface area contributed by atoms with Gasteiger partial charge in [0.05, 0.1) is 34.3 Å². The third-order valence-corrected chi connectivity index (χ3v) is 2.47. The number of rotatable bonds is 7. The second kappa shape index (κ2) is 9.87. The lowest BCUT2D eigenvalue weighted by Gasteiger charge is -2.23. The molecular weight excluding hydrogens is 284 g/mol. The third kappa shape index (κ3) is 19.4. The van der Waals surface area contributed by atoms with E-state index in [1.807, 2.05) is 0 Å². The van der Waals surface area contributed by atoms with Gasteiger partial charge in [0.1, 0.15) is 0 Å². The highest BCUT2D eigenvalue weighted by atomic mass is 32.3. The number of carbonyl (C=O) groups excluding carboxylic acids is 1. The van der Waals surface area contributed by atoms with E-state index in [4.69, 9.17) is 0 Å². The maximum atomic E-state index is 11.1. The van der Waals surface area contributed by atoms with Gasteiger partial charge in [-0.15, -0.1) is 0 Å². The van der Waals surface area contributed by atoms with Crippen LogP contribution >= 0.6 is 0 Å². The average Bonchev–Trinajstić information content (AvgIpc) is 2.21. The van der Waals surface area contributed by atoms with Gasteiger partial charge in [0.15, 0.2) is 0 Å². The lowest BCUT2D eigenvalue weighted by molar-refractivity contribution is -0.870. The summed E-state index contributed by atoms with van der Waals surface area (Å²) in [6.07, 6.45) is 1.00. The lowest BCUT2D eigenvalue weighted by Crippen LogP contribution is -2.37. The minimum Gasteiger partial charge on any atom is -0.726 e. The first-order valence-electron chi connectivity index (χ1n) is 6.23. The van der Waals surface area contributed by atoms with Crippen molar-refractivity contribution in [2.24, 2.45) is 0 Å². The van der Waals surface area contributed by atoms with Gasteiger partial charge >= 0.3 is 0 Å². The molecule has 0 aromatic carbocycles. The third-order valence-electron chi connectivity index (χ3n) is 1.94. The zero-order valence-corrected chi connectivity index (χ0v) is 13.7. The highest BCUT2D eigenvalue weighted by molar-refractivity contribution is 7.80. The van der Waals surface area contributed by atoms with Gasteiger partial charge in [-0.2, -0.15) is 0 Å². The van der Waals surface area contributed by atoms with E-state index < -0.39 is 10.4 Å². The van der Waals surface area contributed by atoms with Crippen LogP contribution in [0.15, 0.2) is 12.2 Å². The normalized spacial score (nSPS) is 11.3. The van der Waals surface area contributed by atoms with E-state index in [9.17, 15) is 17.8 Å². The quantitative estimate of drug-likeness (QED) is 0.239. The summed E-state index contributed by atoms with van der Waals surface area (Å²) in [5.74, 6) is -0.0404. The molecule has 120 valence electrons. The zero-order valence-electron chi connectivity index (χ0n) is 12.9. The summed E-state index contributed by atoms with van der Waals surface area (Å²) in [5, 5.41) is 2.81. The highest BCUT2D eigenvalue weighted by Gasteiger charge is 2.06. The van der Waals surface area contributed by atoms with E-state index in [0.717, 1.165) is 24.0 Å². The van der Waals surface area contributed by atoms with E-state index in [-0.39, 0.29) is 12.5 Å². The monoisotopic (exact) mass is 310 g/mol. The summed E-state index contributed by atoms with van der Waals surface area (Å²) in [6, 6.07) is 0. The van der Waals surface area contributed by atoms with Crippen LogP contribution in [0.4, 0.5) is 0 Å². The number of nitrogens with one attached hydrogen (secondary N) is 1. The van der Waals surface area contributed by atoms with E-state index >= 15 is 0 Å². The summed E-state index contributed by atoms with van der Waals surface area (Å²) in [4.78, 5) is 11.1. The molecule has 0 fully saturated rings. The second-order valence-electron chi connectivity index (χ2n) is 5.22. The fourth-order valence-corrected chi connectivity index (χ4v) is 1.34. The molecule has 0 unspecified atom stereocenters. The number of hydrogen-bond donors (Lipinski definition) is 1. The topological polar surface area (TPSA) is 95.5 Å². The molecule has 0 aliphatic rings. The van der Waals surface area contributed by atoms with Crippen LogP contribution < -0.4 is 5.32 Å². The summed E-state index contributed by atoms with van der Waals surface area (Å²) in [7, 11) is 1.99. The van der Waals surface area contributed by atoms with Crippen molar-refractivity contribution in [3.8, 4) is 0 Å². The minimum atomic E-state index is -4.42. The number of amides is 1. The van der Waals surface area contributed by atoms with E-state index in [0.29, 0.717) is 5.57 Å². The Kier molecular flexibility index (Phi) is 10.5. The van der Waals surface area contributed by atoms with Crippen molar-refractivity contribution in [3.63, 3.8) is 0 Å². The lowest BCUT2D eigenvalue weighted by atomic mass is 10.3. The van der Waals surface area contributed by atoms with Gasteiger partial charge in [-0.25, -0.2) is 8.42 Å². The molecule has 0 radical (unpaired) electrons. The molecule has 0 spiro atoms. The second-order valence-corrected chi connectivity index (χ2v) is 6.27. The first-order valence-corrected chi connectivity index (χ1v) is 7.56. The van der Waals surface area contributed by atoms with Crippen molar-refractivity contribution >= 4 is 16.3 Å². The van der Waals surface area contributed by atoms with E-state index in [1.54, 1.807) is 6.92 Å². The van der Waals surface area contributed by atoms with Crippen LogP contribution in [-0.4, -0.2) is 64.2 Å². The molecule has 20 heavy (non-hydrogen) atoms. The predicted octanol–water partition coefficient (Wildman–Crippen LogP) is 0.258. The van der Waals surface area contributed by atoms with E-state index in [2.05, 4.69) is 37.2 Å². The van der Waals surface area contributed by atoms with Crippen molar-refractivity contribution in [2.45, 2.75) is 20.3 Å². The SMILES string of the molecule is C=C(C)C(=O)NCCC[N+](C)(C)C.CCOS(=O)(=O)[O-]. The molecule has 0 aromatic heterocycles. The van der Waals surface area contributed by atoms with E-state index in [1.165, 1.54) is 6.92 Å². The molecule has 0 aliphatic heterocycles. The summed E-state index contributed by atoms with van der Waals surface area (Å²) in [5.41, 5.74) is 0.574. The molecule has 0 aliphatic carbocycles. The Morgan fingerprint density at radius 2 is 1.85 bits per heavy atom. The Balaban J connectivity index is 0. The fourth-order valence-electron chi connectivity index (χ4n) is 1.05. The van der Waals surface area contributed by atoms with Crippen LogP contribution in [-0.2, 0) is 19.4 Å². The molecule has 1 N–H and O–H groups in total. The van der Waals surface area contributed by atoms with Crippen LogP contribution in [0.2, 0.25) is 0 Å². The molecular formula is C12H26N2O5S. The largest absolute Gasteiger partial charge is 0.726 e. The Bertz CT molecular complexity index is 399. The highest BCUT2D eigenvalue weighted by Crippen LogP contribution is 1.92. The van der Waals surface area contributed by atoms with Crippen LogP contribution in [0.25, 0.3) is 0 Å². The number of nitrogens with zero attached hydrogens (tertiary/aromatic N) is 1. The Labute approximate surface area is 122 Å². The van der Waals surface area contributed by atoms with Crippen LogP contribution in [0, 0.1) is 0 Å². The Morgan fingerprint density at radius 1 is 1.35 bits per heavy atom. The zero-order chi connectivity index (χ0) is 16.4. The number of quaternary nitrogens is 1. The molecule has 0 bridgehead atoms. The Morgan fingerprint density at radius 3 is 2.10 bits per heavy atom. The Hall–Kier alpha value is -0.960. The molecule has 8 heteroatoms. The van der Waals surface area contributed by atoms with Crippen LogP contribution in [0.3, 0.4) is 0 Å². The molecule has 0 saturated carbocycles. The fraction of sp³-hybridized carbons (Fsp3) is 0.750. The van der Waals surface area contributed by atoms with Crippen molar-refractivity contribution in [1.82, 2.24) is 5.32 Å². The van der Waals surface area contributed by atoms with Crippen molar-refractivity contribution in [3.05, 3.63) is 12.2 Å². The van der Waals surface area contributed by atoms with Gasteiger partial charge in [-0.3, -0.25) is 8.98 Å². The summed E-state index contributed by atoms with van der Waals surface area (Å²) in [6.45, 7) is 8.42. The number of carbonyl (C=O) groups is 1. The van der Waals surface area contributed by atoms with Crippen LogP contribution in [0.1, 0.15) is 20.3 Å². The predicted molar refractivity (Wildman–Crippen MR) is 76.7 cm³/mol. The number of hydrogen-bond acceptors (Lipinski definition) is 5.